The van der Waals surface area contributed by atoms with Gasteiger partial charge in [0.1, 0.15) is 0 Å². The van der Waals surface area contributed by atoms with Gasteiger partial charge in [-0.25, -0.2) is 4.79 Å². The van der Waals surface area contributed by atoms with Crippen molar-refractivity contribution in [2.75, 3.05) is 11.9 Å². The van der Waals surface area contributed by atoms with Crippen molar-refractivity contribution in [1.29, 1.82) is 0 Å². The number of fused-ring (bicyclic) bond motifs is 1. The number of aromatic nitrogens is 1. The molecular weight excluding hydrogens is 332 g/mol. The number of hydrogen-bond acceptors (Lipinski definition) is 4. The van der Waals surface area contributed by atoms with Gasteiger partial charge in [-0.2, -0.15) is 0 Å². The van der Waals surface area contributed by atoms with Gasteiger partial charge < -0.3 is 15.0 Å². The molecule has 1 aromatic heterocycles. The van der Waals surface area contributed by atoms with E-state index in [0.717, 1.165) is 16.6 Å². The normalized spacial score (nSPS) is 10.5. The standard InChI is InChI=1S/C20H18N2O4/c1-12-19(16-8-3-4-9-17(16)21-12)18(24)11-26-20(25)14-6-5-7-15(10-14)22-13(2)23/h3-10,21H,11H2,1-2H3,(H,22,23). The molecule has 6 heteroatoms. The molecule has 0 saturated heterocycles. The highest BCUT2D eigenvalue weighted by Crippen LogP contribution is 2.22. The maximum Gasteiger partial charge on any atom is 0.338 e. The zero-order valence-electron chi connectivity index (χ0n) is 14.5. The lowest BCUT2D eigenvalue weighted by atomic mass is 10.1. The molecule has 0 aliphatic carbocycles. The predicted octanol–water partition coefficient (Wildman–Crippen LogP) is 3.47. The summed E-state index contributed by atoms with van der Waals surface area (Å²) in [6, 6.07) is 13.8. The van der Waals surface area contributed by atoms with Crippen LogP contribution in [-0.2, 0) is 9.53 Å². The van der Waals surface area contributed by atoms with E-state index in [1.165, 1.54) is 13.0 Å². The van der Waals surface area contributed by atoms with E-state index >= 15 is 0 Å². The molecule has 0 unspecified atom stereocenters. The van der Waals surface area contributed by atoms with E-state index in [4.69, 9.17) is 4.74 Å². The lowest BCUT2D eigenvalue weighted by Crippen LogP contribution is -2.15. The molecule has 6 nitrogen and oxygen atoms in total. The van der Waals surface area contributed by atoms with Crippen molar-refractivity contribution in [3.63, 3.8) is 0 Å². The topological polar surface area (TPSA) is 88.3 Å². The van der Waals surface area contributed by atoms with Crippen molar-refractivity contribution < 1.29 is 19.1 Å². The van der Waals surface area contributed by atoms with Crippen molar-refractivity contribution >= 4 is 34.3 Å². The van der Waals surface area contributed by atoms with Crippen molar-refractivity contribution in [3.8, 4) is 0 Å². The molecule has 0 atom stereocenters. The number of ketones is 1. The molecule has 2 N–H and O–H groups in total. The first-order valence-electron chi connectivity index (χ1n) is 8.11. The first kappa shape index (κ1) is 17.4. The number of Topliss-reactive ketones (excluding diaryl/α,β-unsaturated/α-hetero) is 1. The Hall–Kier alpha value is -3.41. The van der Waals surface area contributed by atoms with Crippen molar-refractivity contribution in [2.24, 2.45) is 0 Å². The summed E-state index contributed by atoms with van der Waals surface area (Å²) in [4.78, 5) is 39.0. The molecule has 0 spiro atoms. The van der Waals surface area contributed by atoms with Gasteiger partial charge in [0, 0.05) is 34.8 Å². The maximum absolute atomic E-state index is 12.5. The summed E-state index contributed by atoms with van der Waals surface area (Å²) in [5.74, 6) is -1.13. The van der Waals surface area contributed by atoms with Crippen LogP contribution in [-0.4, -0.2) is 29.3 Å². The molecule has 0 bridgehead atoms. The van der Waals surface area contributed by atoms with Gasteiger partial charge in [0.15, 0.2) is 6.61 Å². The van der Waals surface area contributed by atoms with E-state index in [2.05, 4.69) is 10.3 Å². The summed E-state index contributed by atoms with van der Waals surface area (Å²) in [6.45, 7) is 2.84. The molecule has 132 valence electrons. The molecule has 0 radical (unpaired) electrons. The molecule has 26 heavy (non-hydrogen) atoms. The summed E-state index contributed by atoms with van der Waals surface area (Å²) in [5.41, 5.74) is 2.88. The number of carbonyl (C=O) groups excluding carboxylic acids is 3. The second-order valence-corrected chi connectivity index (χ2v) is 5.93. The smallest absolute Gasteiger partial charge is 0.338 e. The highest BCUT2D eigenvalue weighted by atomic mass is 16.5. The fourth-order valence-corrected chi connectivity index (χ4v) is 2.85. The molecular formula is C20H18N2O4. The number of amides is 1. The highest BCUT2D eigenvalue weighted by molar-refractivity contribution is 6.10. The molecule has 0 fully saturated rings. The number of aromatic amines is 1. The van der Waals surface area contributed by atoms with Crippen LogP contribution in [0.3, 0.4) is 0 Å². The van der Waals surface area contributed by atoms with Crippen LogP contribution < -0.4 is 5.32 Å². The minimum atomic E-state index is -0.622. The Bertz CT molecular complexity index is 1000. The first-order chi connectivity index (χ1) is 12.5. The van der Waals surface area contributed by atoms with Crippen LogP contribution in [0, 0.1) is 6.92 Å². The Morgan fingerprint density at radius 1 is 1.08 bits per heavy atom. The van der Waals surface area contributed by atoms with Crippen LogP contribution in [0.5, 0.6) is 0 Å². The van der Waals surface area contributed by atoms with E-state index < -0.39 is 5.97 Å². The van der Waals surface area contributed by atoms with Crippen LogP contribution in [0.2, 0.25) is 0 Å². The van der Waals surface area contributed by atoms with Gasteiger partial charge in [0.05, 0.1) is 5.56 Å². The molecule has 0 saturated carbocycles. The van der Waals surface area contributed by atoms with Gasteiger partial charge in [-0.05, 0) is 31.2 Å². The second-order valence-electron chi connectivity index (χ2n) is 5.93. The van der Waals surface area contributed by atoms with Gasteiger partial charge in [-0.3, -0.25) is 9.59 Å². The largest absolute Gasteiger partial charge is 0.454 e. The Kier molecular flexibility index (Phi) is 4.84. The lowest BCUT2D eigenvalue weighted by Gasteiger charge is -2.07. The summed E-state index contributed by atoms with van der Waals surface area (Å²) < 4.78 is 5.16. The third-order valence-electron chi connectivity index (χ3n) is 3.93. The Labute approximate surface area is 150 Å². The second kappa shape index (κ2) is 7.23. The van der Waals surface area contributed by atoms with Crippen molar-refractivity contribution in [1.82, 2.24) is 4.98 Å². The Morgan fingerprint density at radius 3 is 2.62 bits per heavy atom. The SMILES string of the molecule is CC(=O)Nc1cccc(C(=O)OCC(=O)c2c(C)[nH]c3ccccc23)c1. The fraction of sp³-hybridized carbons (Fsp3) is 0.150. The number of para-hydroxylation sites is 1. The van der Waals surface area contributed by atoms with Crippen LogP contribution in [0.1, 0.15) is 33.3 Å². The zero-order chi connectivity index (χ0) is 18.7. The van der Waals surface area contributed by atoms with Crippen LogP contribution in [0.25, 0.3) is 10.9 Å². The van der Waals surface area contributed by atoms with Crippen LogP contribution in [0.15, 0.2) is 48.5 Å². The van der Waals surface area contributed by atoms with E-state index in [1.807, 2.05) is 31.2 Å². The summed E-state index contributed by atoms with van der Waals surface area (Å²) in [6.07, 6.45) is 0. The monoisotopic (exact) mass is 350 g/mol. The number of aryl methyl sites for hydroxylation is 1. The van der Waals surface area contributed by atoms with Gasteiger partial charge in [-0.1, -0.05) is 24.3 Å². The third-order valence-corrected chi connectivity index (χ3v) is 3.93. The molecule has 3 aromatic rings. The predicted molar refractivity (Wildman–Crippen MR) is 98.4 cm³/mol. The first-order valence-corrected chi connectivity index (χ1v) is 8.11. The molecule has 0 aliphatic heterocycles. The van der Waals surface area contributed by atoms with E-state index in [1.54, 1.807) is 18.2 Å². The number of carbonyl (C=O) groups is 3. The van der Waals surface area contributed by atoms with E-state index in [-0.39, 0.29) is 23.9 Å². The van der Waals surface area contributed by atoms with E-state index in [9.17, 15) is 14.4 Å². The number of hydrogen-bond donors (Lipinski definition) is 2. The summed E-state index contributed by atoms with van der Waals surface area (Å²) >= 11 is 0. The van der Waals surface area contributed by atoms with Crippen LogP contribution >= 0.6 is 0 Å². The lowest BCUT2D eigenvalue weighted by molar-refractivity contribution is -0.114. The van der Waals surface area contributed by atoms with Gasteiger partial charge in [-0.15, -0.1) is 0 Å². The third kappa shape index (κ3) is 3.64. The number of H-pyrrole nitrogens is 1. The van der Waals surface area contributed by atoms with Gasteiger partial charge in [0.2, 0.25) is 11.7 Å². The number of esters is 1. The minimum absolute atomic E-state index is 0.236. The highest BCUT2D eigenvalue weighted by Gasteiger charge is 2.18. The molecule has 1 amide bonds. The maximum atomic E-state index is 12.5. The number of nitrogens with one attached hydrogen (secondary N) is 2. The zero-order valence-corrected chi connectivity index (χ0v) is 14.5. The average molecular weight is 350 g/mol. The Morgan fingerprint density at radius 2 is 1.85 bits per heavy atom. The molecule has 1 heterocycles. The number of rotatable bonds is 5. The average Bonchev–Trinajstić information content (AvgIpc) is 2.94. The van der Waals surface area contributed by atoms with Gasteiger partial charge >= 0.3 is 5.97 Å². The van der Waals surface area contributed by atoms with Gasteiger partial charge in [0.25, 0.3) is 0 Å². The minimum Gasteiger partial charge on any atom is -0.454 e. The quantitative estimate of drug-likeness (QED) is 0.545. The summed E-state index contributed by atoms with van der Waals surface area (Å²) in [5, 5.41) is 3.40. The number of anilines is 1. The number of ether oxygens (including phenoxy) is 1. The molecule has 3 rings (SSSR count). The summed E-state index contributed by atoms with van der Waals surface area (Å²) in [7, 11) is 0. The van der Waals surface area contributed by atoms with Crippen molar-refractivity contribution in [3.05, 3.63) is 65.4 Å². The Balaban J connectivity index is 1.72. The number of benzene rings is 2. The molecule has 0 aliphatic rings. The molecule has 2 aromatic carbocycles. The van der Waals surface area contributed by atoms with Crippen molar-refractivity contribution in [2.45, 2.75) is 13.8 Å². The fourth-order valence-electron chi connectivity index (χ4n) is 2.85. The van der Waals surface area contributed by atoms with E-state index in [0.29, 0.717) is 11.3 Å². The van der Waals surface area contributed by atoms with Crippen LogP contribution in [0.4, 0.5) is 5.69 Å².